The van der Waals surface area contributed by atoms with Crippen LogP contribution in [0, 0.1) is 6.07 Å². The molecule has 1 aromatic carbocycles. The van der Waals surface area contributed by atoms with Crippen molar-refractivity contribution >= 4 is 0 Å². The summed E-state index contributed by atoms with van der Waals surface area (Å²) in [7, 11) is 0. The lowest BCUT2D eigenvalue weighted by molar-refractivity contribution is -0.274. The molecule has 0 fully saturated rings. The zero-order valence-electron chi connectivity index (χ0n) is 8.10. The van der Waals surface area contributed by atoms with Gasteiger partial charge in [0.1, 0.15) is 11.5 Å². The highest BCUT2D eigenvalue weighted by atomic mass is 19.4. The van der Waals surface area contributed by atoms with Crippen molar-refractivity contribution in [2.45, 2.75) is 19.7 Å². The number of halogens is 3. The Kier molecular flexibility index (Phi) is 3.82. The van der Waals surface area contributed by atoms with Crippen LogP contribution in [0.2, 0.25) is 0 Å². The third-order valence-corrected chi connectivity index (χ3v) is 1.45. The van der Waals surface area contributed by atoms with Gasteiger partial charge in [-0.1, -0.05) is 6.92 Å². The first kappa shape index (κ1) is 11.7. The van der Waals surface area contributed by atoms with Gasteiger partial charge in [-0.2, -0.15) is 0 Å². The second-order valence-electron chi connectivity index (χ2n) is 2.78. The molecule has 83 valence electrons. The second kappa shape index (κ2) is 4.91. The molecule has 0 saturated carbocycles. The van der Waals surface area contributed by atoms with Gasteiger partial charge in [-0.15, -0.1) is 13.2 Å². The summed E-state index contributed by atoms with van der Waals surface area (Å²) in [5.74, 6) is 0.109. The van der Waals surface area contributed by atoms with Crippen LogP contribution < -0.4 is 9.47 Å². The normalized spacial score (nSPS) is 11.2. The quantitative estimate of drug-likeness (QED) is 0.774. The molecular weight excluding hydrogens is 209 g/mol. The van der Waals surface area contributed by atoms with Crippen molar-refractivity contribution in [3.8, 4) is 11.5 Å². The van der Waals surface area contributed by atoms with Crippen molar-refractivity contribution in [2.75, 3.05) is 6.61 Å². The first-order valence-electron chi connectivity index (χ1n) is 4.41. The van der Waals surface area contributed by atoms with E-state index in [0.29, 0.717) is 12.4 Å². The molecule has 0 heterocycles. The van der Waals surface area contributed by atoms with Crippen molar-refractivity contribution in [2.24, 2.45) is 0 Å². The van der Waals surface area contributed by atoms with E-state index in [9.17, 15) is 13.2 Å². The topological polar surface area (TPSA) is 18.5 Å². The van der Waals surface area contributed by atoms with E-state index < -0.39 is 6.36 Å². The van der Waals surface area contributed by atoms with Crippen molar-refractivity contribution in [1.29, 1.82) is 0 Å². The third kappa shape index (κ3) is 4.58. The van der Waals surface area contributed by atoms with Crippen LogP contribution in [0.5, 0.6) is 11.5 Å². The summed E-state index contributed by atoms with van der Waals surface area (Å²) in [5, 5.41) is 0. The molecule has 2 nitrogen and oxygen atoms in total. The fraction of sp³-hybridized carbons (Fsp3) is 0.400. The van der Waals surface area contributed by atoms with E-state index >= 15 is 0 Å². The second-order valence-corrected chi connectivity index (χ2v) is 2.78. The first-order chi connectivity index (χ1) is 7.01. The van der Waals surface area contributed by atoms with Crippen LogP contribution in [0.1, 0.15) is 13.3 Å². The molecule has 0 amide bonds. The average molecular weight is 219 g/mol. The van der Waals surface area contributed by atoms with Gasteiger partial charge in [0.2, 0.25) is 0 Å². The van der Waals surface area contributed by atoms with Crippen molar-refractivity contribution < 1.29 is 22.6 Å². The van der Waals surface area contributed by atoms with Gasteiger partial charge in [0.25, 0.3) is 0 Å². The van der Waals surface area contributed by atoms with Gasteiger partial charge in [-0.25, -0.2) is 0 Å². The van der Waals surface area contributed by atoms with Crippen LogP contribution in [0.4, 0.5) is 13.2 Å². The average Bonchev–Trinajstić information content (AvgIpc) is 2.14. The van der Waals surface area contributed by atoms with E-state index in [-0.39, 0.29) is 5.75 Å². The number of alkyl halides is 3. The Labute approximate surface area is 85.6 Å². The predicted molar refractivity (Wildman–Crippen MR) is 47.7 cm³/mol. The fourth-order valence-electron chi connectivity index (χ4n) is 0.895. The Morgan fingerprint density at radius 3 is 2.53 bits per heavy atom. The van der Waals surface area contributed by atoms with E-state index in [0.717, 1.165) is 12.5 Å². The van der Waals surface area contributed by atoms with Crippen LogP contribution in [0.3, 0.4) is 0 Å². The van der Waals surface area contributed by atoms with Gasteiger partial charge >= 0.3 is 6.36 Å². The van der Waals surface area contributed by atoms with Crippen LogP contribution in [0.25, 0.3) is 0 Å². The highest BCUT2D eigenvalue weighted by Crippen LogP contribution is 2.24. The summed E-state index contributed by atoms with van der Waals surface area (Å²) in [6, 6.07) is 6.22. The van der Waals surface area contributed by atoms with Crippen LogP contribution in [-0.2, 0) is 0 Å². The molecule has 0 N–H and O–H groups in total. The molecule has 15 heavy (non-hydrogen) atoms. The minimum absolute atomic E-state index is 0.300. The van der Waals surface area contributed by atoms with Crippen LogP contribution in [-0.4, -0.2) is 13.0 Å². The molecule has 1 radical (unpaired) electrons. The van der Waals surface area contributed by atoms with Crippen molar-refractivity contribution in [3.63, 3.8) is 0 Å². The molecule has 1 rings (SSSR count). The van der Waals surface area contributed by atoms with Crippen LogP contribution >= 0.6 is 0 Å². The lowest BCUT2D eigenvalue weighted by Gasteiger charge is -2.09. The fourth-order valence-corrected chi connectivity index (χ4v) is 0.895. The Bertz CT molecular complexity index is 293. The monoisotopic (exact) mass is 219 g/mol. The van der Waals surface area contributed by atoms with E-state index in [2.05, 4.69) is 10.8 Å². The molecule has 0 atom stereocenters. The van der Waals surface area contributed by atoms with Gasteiger partial charge in [-0.3, -0.25) is 0 Å². The molecule has 0 aromatic heterocycles. The van der Waals surface area contributed by atoms with Gasteiger partial charge in [-0.05, 0) is 24.6 Å². The molecule has 0 saturated heterocycles. The molecule has 1 aromatic rings. The molecule has 0 aliphatic heterocycles. The summed E-state index contributed by atoms with van der Waals surface area (Å²) in [4.78, 5) is 0. The Morgan fingerprint density at radius 1 is 1.33 bits per heavy atom. The highest BCUT2D eigenvalue weighted by molar-refractivity contribution is 5.30. The van der Waals surface area contributed by atoms with E-state index in [4.69, 9.17) is 4.74 Å². The lowest BCUT2D eigenvalue weighted by atomic mass is 10.3. The molecule has 0 bridgehead atoms. The minimum atomic E-state index is -4.67. The predicted octanol–water partition coefficient (Wildman–Crippen LogP) is 3.17. The number of hydrogen-bond donors (Lipinski definition) is 0. The molecular formula is C10H10F3O2. The van der Waals surface area contributed by atoms with Crippen molar-refractivity contribution in [3.05, 3.63) is 24.3 Å². The Hall–Kier alpha value is -1.39. The third-order valence-electron chi connectivity index (χ3n) is 1.45. The molecule has 0 spiro atoms. The zero-order valence-corrected chi connectivity index (χ0v) is 8.10. The van der Waals surface area contributed by atoms with Gasteiger partial charge in [0, 0.05) is 6.07 Å². The molecule has 0 unspecified atom stereocenters. The van der Waals surface area contributed by atoms with E-state index in [1.807, 2.05) is 6.92 Å². The number of rotatable bonds is 4. The first-order valence-corrected chi connectivity index (χ1v) is 4.41. The standard InChI is InChI=1S/C10H10F3O2/c1-2-7-14-8-3-5-9(6-4-8)15-10(11,12)13/h3,5-6H,2,7H2,1H3. The Morgan fingerprint density at radius 2 is 2.07 bits per heavy atom. The Balaban J connectivity index is 2.56. The summed E-state index contributed by atoms with van der Waals surface area (Å²) in [6.45, 7) is 2.44. The van der Waals surface area contributed by atoms with E-state index in [1.165, 1.54) is 12.1 Å². The SMILES string of the molecule is CCCOc1[c]cc(OC(F)(F)F)cc1. The van der Waals surface area contributed by atoms with Crippen LogP contribution in [0.15, 0.2) is 18.2 Å². The number of ether oxygens (including phenoxy) is 2. The number of hydrogen-bond acceptors (Lipinski definition) is 2. The summed E-state index contributed by atoms with van der Waals surface area (Å²) in [6.07, 6.45) is -3.84. The summed E-state index contributed by atoms with van der Waals surface area (Å²) in [5.41, 5.74) is 0. The molecule has 0 aliphatic carbocycles. The zero-order chi connectivity index (χ0) is 11.3. The van der Waals surface area contributed by atoms with Gasteiger partial charge in [0.15, 0.2) is 0 Å². The minimum Gasteiger partial charge on any atom is -0.493 e. The highest BCUT2D eigenvalue weighted by Gasteiger charge is 2.30. The molecule has 5 heteroatoms. The maximum absolute atomic E-state index is 11.8. The largest absolute Gasteiger partial charge is 0.573 e. The summed E-state index contributed by atoms with van der Waals surface area (Å²) >= 11 is 0. The maximum atomic E-state index is 11.8. The smallest absolute Gasteiger partial charge is 0.493 e. The maximum Gasteiger partial charge on any atom is 0.573 e. The van der Waals surface area contributed by atoms with E-state index in [1.54, 1.807) is 0 Å². The van der Waals surface area contributed by atoms with Gasteiger partial charge in [0.05, 0.1) is 6.61 Å². The summed E-state index contributed by atoms with van der Waals surface area (Å²) < 4.78 is 44.2. The lowest BCUT2D eigenvalue weighted by Crippen LogP contribution is -2.16. The number of benzene rings is 1. The molecule has 0 aliphatic rings. The van der Waals surface area contributed by atoms with Crippen molar-refractivity contribution in [1.82, 2.24) is 0 Å². The van der Waals surface area contributed by atoms with Gasteiger partial charge < -0.3 is 9.47 Å².